The zero-order valence-corrected chi connectivity index (χ0v) is 17.7. The predicted octanol–water partition coefficient (Wildman–Crippen LogP) is 3.11. The molecule has 30 heavy (non-hydrogen) atoms. The number of benzene rings is 2. The van der Waals surface area contributed by atoms with Gasteiger partial charge in [0.05, 0.1) is 12.6 Å². The number of hydrogen-bond acceptors (Lipinski definition) is 3. The monoisotopic (exact) mass is 412 g/mol. The maximum absolute atomic E-state index is 13.3. The largest absolute Gasteiger partial charge is 0.367 e. The molecule has 2 aromatic rings. The van der Waals surface area contributed by atoms with E-state index in [1.54, 1.807) is 19.2 Å². The third-order valence-corrected chi connectivity index (χ3v) is 5.02. The van der Waals surface area contributed by atoms with Gasteiger partial charge in [-0.3, -0.25) is 9.79 Å². The van der Waals surface area contributed by atoms with Crippen LogP contribution in [0.4, 0.5) is 4.39 Å². The summed E-state index contributed by atoms with van der Waals surface area (Å²) in [6.45, 7) is 6.47. The van der Waals surface area contributed by atoms with Crippen molar-refractivity contribution in [2.45, 2.75) is 32.6 Å². The highest BCUT2D eigenvalue weighted by atomic mass is 19.1. The fourth-order valence-electron chi connectivity index (χ4n) is 3.54. The Morgan fingerprint density at radius 1 is 1.13 bits per heavy atom. The highest BCUT2D eigenvalue weighted by Crippen LogP contribution is 2.25. The number of carbonyl (C=O) groups is 1. The third kappa shape index (κ3) is 5.57. The molecule has 0 saturated carbocycles. The second kappa shape index (κ2) is 10.2. The number of hydrogen-bond donors (Lipinski definition) is 2. The number of nitrogens with one attached hydrogen (secondary N) is 2. The molecule has 0 aromatic heterocycles. The lowest BCUT2D eigenvalue weighted by Crippen LogP contribution is -2.50. The molecule has 2 N–H and O–H groups in total. The normalized spacial score (nSPS) is 19.5. The van der Waals surface area contributed by atoms with Crippen LogP contribution < -0.4 is 10.6 Å². The number of guanidine groups is 1. The number of aliphatic imine (C=N–C) groups is 1. The number of rotatable bonds is 5. The molecule has 0 spiro atoms. The molecule has 160 valence electrons. The first-order valence-corrected chi connectivity index (χ1v) is 10.2. The van der Waals surface area contributed by atoms with Gasteiger partial charge in [-0.05, 0) is 49.2 Å². The van der Waals surface area contributed by atoms with Crippen LogP contribution in [0, 0.1) is 5.82 Å². The van der Waals surface area contributed by atoms with E-state index in [9.17, 15) is 9.18 Å². The third-order valence-electron chi connectivity index (χ3n) is 5.02. The van der Waals surface area contributed by atoms with Crippen molar-refractivity contribution >= 4 is 11.9 Å². The molecule has 0 bridgehead atoms. The minimum Gasteiger partial charge on any atom is -0.367 e. The Morgan fingerprint density at radius 2 is 1.83 bits per heavy atom. The molecule has 1 amide bonds. The molecule has 1 aliphatic rings. The second-order valence-electron chi connectivity index (χ2n) is 7.35. The Balaban J connectivity index is 1.62. The lowest BCUT2D eigenvalue weighted by molar-refractivity contribution is -0.0605. The summed E-state index contributed by atoms with van der Waals surface area (Å²) in [5.74, 6) is 0.460. The predicted molar refractivity (Wildman–Crippen MR) is 116 cm³/mol. The number of amides is 1. The quantitative estimate of drug-likeness (QED) is 0.585. The summed E-state index contributed by atoms with van der Waals surface area (Å²) in [6, 6.07) is 14.0. The standard InChI is InChI=1S/C23H29FN4O2/c1-4-26-22(29)19-7-5-17(6-8-19)13-27-23(25-3)28-14-16(2)30-21(15-28)18-9-11-20(24)12-10-18/h5-12,16,21H,4,13-15H2,1-3H3,(H,25,27)(H,26,29). The van der Waals surface area contributed by atoms with E-state index < -0.39 is 0 Å². The topological polar surface area (TPSA) is 66.0 Å². The lowest BCUT2D eigenvalue weighted by atomic mass is 10.1. The average molecular weight is 413 g/mol. The molecule has 2 atom stereocenters. The molecular formula is C23H29FN4O2. The molecule has 0 radical (unpaired) electrons. The average Bonchev–Trinajstić information content (AvgIpc) is 2.75. The Kier molecular flexibility index (Phi) is 7.41. The fourth-order valence-corrected chi connectivity index (χ4v) is 3.54. The van der Waals surface area contributed by atoms with Crippen LogP contribution in [-0.4, -0.2) is 49.6 Å². The van der Waals surface area contributed by atoms with E-state index in [2.05, 4.69) is 20.5 Å². The highest BCUT2D eigenvalue weighted by molar-refractivity contribution is 5.94. The van der Waals surface area contributed by atoms with E-state index >= 15 is 0 Å². The summed E-state index contributed by atoms with van der Waals surface area (Å²) in [4.78, 5) is 18.5. The van der Waals surface area contributed by atoms with Crippen molar-refractivity contribution in [3.05, 3.63) is 71.0 Å². The molecular weight excluding hydrogens is 383 g/mol. The van der Waals surface area contributed by atoms with Gasteiger partial charge in [0.15, 0.2) is 5.96 Å². The Hall–Kier alpha value is -2.93. The van der Waals surface area contributed by atoms with Gasteiger partial charge in [-0.2, -0.15) is 0 Å². The van der Waals surface area contributed by atoms with Gasteiger partial charge in [0.2, 0.25) is 0 Å². The van der Waals surface area contributed by atoms with Crippen molar-refractivity contribution < 1.29 is 13.9 Å². The summed E-state index contributed by atoms with van der Waals surface area (Å²) < 4.78 is 19.3. The van der Waals surface area contributed by atoms with Crippen LogP contribution >= 0.6 is 0 Å². The van der Waals surface area contributed by atoms with E-state index in [1.165, 1.54) is 12.1 Å². The van der Waals surface area contributed by atoms with Gasteiger partial charge in [-0.15, -0.1) is 0 Å². The van der Waals surface area contributed by atoms with Crippen molar-refractivity contribution in [3.8, 4) is 0 Å². The second-order valence-corrected chi connectivity index (χ2v) is 7.35. The Bertz CT molecular complexity index is 868. The zero-order valence-electron chi connectivity index (χ0n) is 17.7. The van der Waals surface area contributed by atoms with Crippen molar-refractivity contribution in [2.75, 3.05) is 26.7 Å². The van der Waals surface area contributed by atoms with Gasteiger partial charge in [0, 0.05) is 32.2 Å². The van der Waals surface area contributed by atoms with E-state index in [0.717, 1.165) is 17.1 Å². The van der Waals surface area contributed by atoms with Gasteiger partial charge in [-0.1, -0.05) is 24.3 Å². The summed E-state index contributed by atoms with van der Waals surface area (Å²) in [5, 5.41) is 6.19. The number of morpholine rings is 1. The van der Waals surface area contributed by atoms with Crippen molar-refractivity contribution in [2.24, 2.45) is 4.99 Å². The molecule has 1 saturated heterocycles. The van der Waals surface area contributed by atoms with Gasteiger partial charge >= 0.3 is 0 Å². The lowest BCUT2D eigenvalue weighted by Gasteiger charge is -2.38. The van der Waals surface area contributed by atoms with Gasteiger partial charge in [0.25, 0.3) is 5.91 Å². The van der Waals surface area contributed by atoms with Crippen molar-refractivity contribution in [3.63, 3.8) is 0 Å². The summed E-state index contributed by atoms with van der Waals surface area (Å²) in [5.41, 5.74) is 2.65. The van der Waals surface area contributed by atoms with Crippen LogP contribution in [0.3, 0.4) is 0 Å². The number of halogens is 1. The van der Waals surface area contributed by atoms with Crippen LogP contribution in [0.5, 0.6) is 0 Å². The van der Waals surface area contributed by atoms with Crippen LogP contribution in [-0.2, 0) is 11.3 Å². The van der Waals surface area contributed by atoms with Gasteiger partial charge < -0.3 is 20.3 Å². The van der Waals surface area contributed by atoms with Crippen LogP contribution in [0.15, 0.2) is 53.5 Å². The molecule has 3 rings (SSSR count). The Labute approximate surface area is 177 Å². The van der Waals surface area contributed by atoms with E-state index in [4.69, 9.17) is 4.74 Å². The molecule has 1 fully saturated rings. The van der Waals surface area contributed by atoms with Gasteiger partial charge in [0.1, 0.15) is 11.9 Å². The van der Waals surface area contributed by atoms with E-state index in [1.807, 2.05) is 38.1 Å². The SMILES string of the molecule is CCNC(=O)c1ccc(CNC(=NC)N2CC(C)OC(c3ccc(F)cc3)C2)cc1. The molecule has 6 nitrogen and oxygen atoms in total. The Morgan fingerprint density at radius 3 is 2.47 bits per heavy atom. The first-order chi connectivity index (χ1) is 14.5. The minimum atomic E-state index is -0.255. The number of nitrogens with zero attached hydrogens (tertiary/aromatic N) is 2. The first-order valence-electron chi connectivity index (χ1n) is 10.2. The first kappa shape index (κ1) is 21.8. The van der Waals surface area contributed by atoms with Crippen LogP contribution in [0.25, 0.3) is 0 Å². The summed E-state index contributed by atoms with van der Waals surface area (Å²) in [7, 11) is 1.76. The summed E-state index contributed by atoms with van der Waals surface area (Å²) >= 11 is 0. The molecule has 1 heterocycles. The zero-order chi connectivity index (χ0) is 21.5. The van der Waals surface area contributed by atoms with E-state index in [0.29, 0.717) is 31.7 Å². The molecule has 7 heteroatoms. The van der Waals surface area contributed by atoms with E-state index in [-0.39, 0.29) is 23.9 Å². The maximum atomic E-state index is 13.3. The van der Waals surface area contributed by atoms with Crippen molar-refractivity contribution in [1.82, 2.24) is 15.5 Å². The fraction of sp³-hybridized carbons (Fsp3) is 0.391. The van der Waals surface area contributed by atoms with Crippen molar-refractivity contribution in [1.29, 1.82) is 0 Å². The maximum Gasteiger partial charge on any atom is 0.251 e. The molecule has 2 unspecified atom stereocenters. The molecule has 0 aliphatic carbocycles. The minimum absolute atomic E-state index is 0.0173. The van der Waals surface area contributed by atoms with Gasteiger partial charge in [-0.25, -0.2) is 4.39 Å². The number of ether oxygens (including phenoxy) is 1. The van der Waals surface area contributed by atoms with Crippen LogP contribution in [0.1, 0.15) is 41.4 Å². The molecule has 2 aromatic carbocycles. The summed E-state index contributed by atoms with van der Waals surface area (Å²) in [6.07, 6.45) is -0.132. The molecule has 1 aliphatic heterocycles. The smallest absolute Gasteiger partial charge is 0.251 e. The highest BCUT2D eigenvalue weighted by Gasteiger charge is 2.28. The van der Waals surface area contributed by atoms with Crippen LogP contribution in [0.2, 0.25) is 0 Å². The number of carbonyl (C=O) groups excluding carboxylic acids is 1.